The molecule has 86 valence electrons. The number of ketones is 1. The van der Waals surface area contributed by atoms with Crippen LogP contribution in [-0.2, 0) is 6.54 Å². The van der Waals surface area contributed by atoms with Crippen LogP contribution in [0.5, 0.6) is 0 Å². The Morgan fingerprint density at radius 1 is 1.47 bits per heavy atom. The van der Waals surface area contributed by atoms with Gasteiger partial charge in [-0.3, -0.25) is 9.79 Å². The molecule has 0 bridgehead atoms. The molecule has 2 heterocycles. The zero-order chi connectivity index (χ0) is 11.8. The zero-order valence-corrected chi connectivity index (χ0v) is 9.81. The summed E-state index contributed by atoms with van der Waals surface area (Å²) in [5, 5.41) is 1.11. The SMILES string of the molecule is CCCC(=O)c1cc2c3c(ccn3CC=N2)c1. The Hall–Kier alpha value is -1.90. The van der Waals surface area contributed by atoms with Gasteiger partial charge in [0, 0.05) is 29.8 Å². The molecule has 0 atom stereocenters. The van der Waals surface area contributed by atoms with Crippen LogP contribution in [0.2, 0.25) is 0 Å². The number of rotatable bonds is 3. The fourth-order valence-corrected chi connectivity index (χ4v) is 2.34. The summed E-state index contributed by atoms with van der Waals surface area (Å²) in [5.74, 6) is 0.208. The van der Waals surface area contributed by atoms with Crippen molar-refractivity contribution in [3.8, 4) is 0 Å². The van der Waals surface area contributed by atoms with Gasteiger partial charge in [-0.25, -0.2) is 0 Å². The molecular formula is C14H14N2O. The lowest BCUT2D eigenvalue weighted by Gasteiger charge is -2.11. The van der Waals surface area contributed by atoms with Gasteiger partial charge in [0.1, 0.15) is 0 Å². The number of aromatic nitrogens is 1. The first kappa shape index (κ1) is 10.3. The third-order valence-electron chi connectivity index (χ3n) is 3.15. The highest BCUT2D eigenvalue weighted by atomic mass is 16.1. The number of benzene rings is 1. The topological polar surface area (TPSA) is 34.4 Å². The summed E-state index contributed by atoms with van der Waals surface area (Å²) in [6.45, 7) is 2.84. The Balaban J connectivity index is 2.18. The molecule has 17 heavy (non-hydrogen) atoms. The number of carbonyl (C=O) groups excluding carboxylic acids is 1. The lowest BCUT2D eigenvalue weighted by atomic mass is 10.0. The van der Waals surface area contributed by atoms with Gasteiger partial charge in [0.2, 0.25) is 0 Å². The molecule has 0 saturated carbocycles. The van der Waals surface area contributed by atoms with Crippen LogP contribution >= 0.6 is 0 Å². The Morgan fingerprint density at radius 2 is 2.35 bits per heavy atom. The van der Waals surface area contributed by atoms with Crippen LogP contribution in [-0.4, -0.2) is 16.6 Å². The van der Waals surface area contributed by atoms with E-state index in [1.165, 1.54) is 0 Å². The van der Waals surface area contributed by atoms with E-state index in [1.54, 1.807) is 0 Å². The van der Waals surface area contributed by atoms with Crippen molar-refractivity contribution in [2.45, 2.75) is 26.3 Å². The van der Waals surface area contributed by atoms with Crippen molar-refractivity contribution in [2.24, 2.45) is 4.99 Å². The van der Waals surface area contributed by atoms with E-state index < -0.39 is 0 Å². The van der Waals surface area contributed by atoms with Crippen molar-refractivity contribution in [1.82, 2.24) is 4.57 Å². The molecule has 0 aliphatic carbocycles. The third kappa shape index (κ3) is 1.58. The summed E-state index contributed by atoms with van der Waals surface area (Å²) in [6.07, 6.45) is 5.43. The number of hydrogen-bond donors (Lipinski definition) is 0. The summed E-state index contributed by atoms with van der Waals surface area (Å²) < 4.78 is 2.16. The molecule has 1 aliphatic heterocycles. The van der Waals surface area contributed by atoms with E-state index >= 15 is 0 Å². The van der Waals surface area contributed by atoms with Crippen LogP contribution in [0.15, 0.2) is 29.4 Å². The predicted molar refractivity (Wildman–Crippen MR) is 69.3 cm³/mol. The summed E-state index contributed by atoms with van der Waals surface area (Å²) in [6, 6.07) is 5.94. The second-order valence-corrected chi connectivity index (χ2v) is 4.39. The van der Waals surface area contributed by atoms with Gasteiger partial charge in [-0.1, -0.05) is 6.92 Å². The second-order valence-electron chi connectivity index (χ2n) is 4.39. The minimum absolute atomic E-state index is 0.208. The van der Waals surface area contributed by atoms with Gasteiger partial charge < -0.3 is 4.57 Å². The average molecular weight is 226 g/mol. The van der Waals surface area contributed by atoms with Crippen LogP contribution < -0.4 is 0 Å². The van der Waals surface area contributed by atoms with Gasteiger partial charge in [-0.15, -0.1) is 0 Å². The molecule has 0 N–H and O–H groups in total. The third-order valence-corrected chi connectivity index (χ3v) is 3.15. The van der Waals surface area contributed by atoms with E-state index in [9.17, 15) is 4.79 Å². The molecule has 1 aromatic heterocycles. The average Bonchev–Trinajstić information content (AvgIpc) is 2.75. The molecule has 0 spiro atoms. The molecule has 0 fully saturated rings. The first-order chi connectivity index (χ1) is 8.29. The van der Waals surface area contributed by atoms with Crippen LogP contribution in [0.4, 0.5) is 5.69 Å². The zero-order valence-electron chi connectivity index (χ0n) is 9.81. The maximum absolute atomic E-state index is 11.9. The molecule has 1 aromatic carbocycles. The standard InChI is InChI=1S/C14H14N2O/c1-2-3-13(17)11-8-10-4-6-16-7-5-15-12(9-11)14(10)16/h4-6,8-9H,2-3,7H2,1H3. The fraction of sp³-hybridized carbons (Fsp3) is 0.286. The Bertz CT molecular complexity index is 622. The molecule has 0 radical (unpaired) electrons. The minimum Gasteiger partial charge on any atom is -0.340 e. The quantitative estimate of drug-likeness (QED) is 0.739. The largest absolute Gasteiger partial charge is 0.340 e. The van der Waals surface area contributed by atoms with Crippen LogP contribution in [0.1, 0.15) is 30.1 Å². The molecule has 1 aliphatic rings. The Labute approximate surface area is 99.8 Å². The van der Waals surface area contributed by atoms with Crippen molar-refractivity contribution in [2.75, 3.05) is 0 Å². The second kappa shape index (κ2) is 3.84. The molecule has 0 unspecified atom stereocenters. The van der Waals surface area contributed by atoms with Crippen molar-refractivity contribution >= 4 is 28.6 Å². The van der Waals surface area contributed by atoms with Crippen molar-refractivity contribution in [3.63, 3.8) is 0 Å². The highest BCUT2D eigenvalue weighted by Gasteiger charge is 2.13. The first-order valence-corrected chi connectivity index (χ1v) is 5.98. The molecule has 0 saturated heterocycles. The molecular weight excluding hydrogens is 212 g/mol. The van der Waals surface area contributed by atoms with Gasteiger partial charge in [0.15, 0.2) is 5.78 Å². The number of aliphatic imine (C=N–C) groups is 1. The van der Waals surface area contributed by atoms with E-state index in [2.05, 4.69) is 15.6 Å². The monoisotopic (exact) mass is 226 g/mol. The van der Waals surface area contributed by atoms with Gasteiger partial charge in [-0.05, 0) is 24.6 Å². The van der Waals surface area contributed by atoms with E-state index in [4.69, 9.17) is 0 Å². The number of carbonyl (C=O) groups is 1. The summed E-state index contributed by atoms with van der Waals surface area (Å²) in [4.78, 5) is 16.3. The van der Waals surface area contributed by atoms with E-state index in [-0.39, 0.29) is 5.78 Å². The van der Waals surface area contributed by atoms with Crippen LogP contribution in [0, 0.1) is 0 Å². The van der Waals surface area contributed by atoms with Crippen molar-refractivity contribution < 1.29 is 4.79 Å². The molecule has 3 rings (SSSR count). The predicted octanol–water partition coefficient (Wildman–Crippen LogP) is 3.34. The molecule has 0 amide bonds. The van der Waals surface area contributed by atoms with Gasteiger partial charge >= 0.3 is 0 Å². The maximum Gasteiger partial charge on any atom is 0.162 e. The number of Topliss-reactive ketones (excluding diaryl/α,β-unsaturated/α-hetero) is 1. The summed E-state index contributed by atoms with van der Waals surface area (Å²) >= 11 is 0. The summed E-state index contributed by atoms with van der Waals surface area (Å²) in [5.41, 5.74) is 2.84. The highest BCUT2D eigenvalue weighted by Crippen LogP contribution is 2.31. The lowest BCUT2D eigenvalue weighted by molar-refractivity contribution is 0.0982. The molecule has 3 heteroatoms. The number of nitrogens with zero attached hydrogens (tertiary/aromatic N) is 2. The fourth-order valence-electron chi connectivity index (χ4n) is 2.34. The smallest absolute Gasteiger partial charge is 0.162 e. The first-order valence-electron chi connectivity index (χ1n) is 5.98. The normalized spacial score (nSPS) is 13.2. The van der Waals surface area contributed by atoms with Gasteiger partial charge in [0.25, 0.3) is 0 Å². The molecule has 2 aromatic rings. The molecule has 3 nitrogen and oxygen atoms in total. The van der Waals surface area contributed by atoms with Crippen molar-refractivity contribution in [1.29, 1.82) is 0 Å². The van der Waals surface area contributed by atoms with E-state index in [1.807, 2.05) is 31.5 Å². The van der Waals surface area contributed by atoms with Gasteiger partial charge in [-0.2, -0.15) is 0 Å². The number of hydrogen-bond acceptors (Lipinski definition) is 2. The minimum atomic E-state index is 0.208. The Morgan fingerprint density at radius 3 is 3.18 bits per heavy atom. The van der Waals surface area contributed by atoms with Gasteiger partial charge in [0.05, 0.1) is 17.7 Å². The maximum atomic E-state index is 11.9. The Kier molecular flexibility index (Phi) is 2.32. The van der Waals surface area contributed by atoms with Crippen molar-refractivity contribution in [3.05, 3.63) is 30.0 Å². The van der Waals surface area contributed by atoms with E-state index in [0.717, 1.165) is 35.1 Å². The van der Waals surface area contributed by atoms with Crippen LogP contribution in [0.3, 0.4) is 0 Å². The van der Waals surface area contributed by atoms with E-state index in [0.29, 0.717) is 6.42 Å². The van der Waals surface area contributed by atoms with Crippen LogP contribution in [0.25, 0.3) is 10.9 Å². The lowest BCUT2D eigenvalue weighted by Crippen LogP contribution is -2.03. The highest BCUT2D eigenvalue weighted by molar-refractivity contribution is 6.04. The summed E-state index contributed by atoms with van der Waals surface area (Å²) in [7, 11) is 0.